The maximum absolute atomic E-state index is 5.74. The van der Waals surface area contributed by atoms with Crippen LogP contribution in [0.3, 0.4) is 0 Å². The highest BCUT2D eigenvalue weighted by atomic mass is 16.5. The van der Waals surface area contributed by atoms with Crippen molar-refractivity contribution < 1.29 is 4.74 Å². The second-order valence-corrected chi connectivity index (χ2v) is 3.68. The molecule has 0 saturated carbocycles. The van der Waals surface area contributed by atoms with Crippen LogP contribution in [-0.2, 0) is 4.74 Å². The standard InChI is InChI=1S/C10H19NO/c1-8(9(2)11)6-10-4-3-5-12-7-10/h6,9-10H,3-5,7,11H2,1-2H3. The minimum Gasteiger partial charge on any atom is -0.381 e. The van der Waals surface area contributed by atoms with Crippen molar-refractivity contribution in [1.82, 2.24) is 0 Å². The lowest BCUT2D eigenvalue weighted by Gasteiger charge is -2.20. The molecule has 1 rings (SSSR count). The van der Waals surface area contributed by atoms with Crippen LogP contribution in [0.5, 0.6) is 0 Å². The smallest absolute Gasteiger partial charge is 0.0528 e. The van der Waals surface area contributed by atoms with Crippen LogP contribution in [0.1, 0.15) is 26.7 Å². The van der Waals surface area contributed by atoms with Gasteiger partial charge in [-0.1, -0.05) is 11.6 Å². The summed E-state index contributed by atoms with van der Waals surface area (Å²) in [6, 6.07) is 0.187. The van der Waals surface area contributed by atoms with E-state index >= 15 is 0 Å². The van der Waals surface area contributed by atoms with Gasteiger partial charge in [0.15, 0.2) is 0 Å². The van der Waals surface area contributed by atoms with E-state index in [1.54, 1.807) is 0 Å². The van der Waals surface area contributed by atoms with Crippen LogP contribution in [-0.4, -0.2) is 19.3 Å². The lowest BCUT2D eigenvalue weighted by Crippen LogP contribution is -2.20. The van der Waals surface area contributed by atoms with Crippen molar-refractivity contribution in [3.63, 3.8) is 0 Å². The van der Waals surface area contributed by atoms with Gasteiger partial charge in [-0.2, -0.15) is 0 Å². The van der Waals surface area contributed by atoms with E-state index in [2.05, 4.69) is 13.0 Å². The molecular formula is C10H19NO. The summed E-state index contributed by atoms with van der Waals surface area (Å²) in [6.07, 6.45) is 4.71. The van der Waals surface area contributed by atoms with Gasteiger partial charge in [0.2, 0.25) is 0 Å². The fourth-order valence-corrected chi connectivity index (χ4v) is 1.42. The zero-order valence-electron chi connectivity index (χ0n) is 8.05. The van der Waals surface area contributed by atoms with Crippen molar-refractivity contribution in [2.24, 2.45) is 11.7 Å². The van der Waals surface area contributed by atoms with E-state index in [0.29, 0.717) is 5.92 Å². The summed E-state index contributed by atoms with van der Waals surface area (Å²) in [6.45, 7) is 5.93. The van der Waals surface area contributed by atoms with Crippen LogP contribution in [0.4, 0.5) is 0 Å². The van der Waals surface area contributed by atoms with E-state index in [-0.39, 0.29) is 6.04 Å². The van der Waals surface area contributed by atoms with Gasteiger partial charge < -0.3 is 10.5 Å². The van der Waals surface area contributed by atoms with E-state index in [1.807, 2.05) is 6.92 Å². The fourth-order valence-electron chi connectivity index (χ4n) is 1.42. The Morgan fingerprint density at radius 2 is 2.42 bits per heavy atom. The Balaban J connectivity index is 2.41. The average Bonchev–Trinajstić information content (AvgIpc) is 2.06. The van der Waals surface area contributed by atoms with Crippen molar-refractivity contribution >= 4 is 0 Å². The first-order chi connectivity index (χ1) is 5.70. The summed E-state index contributed by atoms with van der Waals surface area (Å²) in [5.41, 5.74) is 7.03. The van der Waals surface area contributed by atoms with Crippen LogP contribution < -0.4 is 5.73 Å². The molecule has 1 saturated heterocycles. The molecule has 70 valence electrons. The predicted molar refractivity (Wildman–Crippen MR) is 50.9 cm³/mol. The second kappa shape index (κ2) is 4.63. The third-order valence-electron chi connectivity index (χ3n) is 2.41. The number of hydrogen-bond acceptors (Lipinski definition) is 2. The molecule has 1 heterocycles. The largest absolute Gasteiger partial charge is 0.381 e. The third kappa shape index (κ3) is 2.95. The first-order valence-electron chi connectivity index (χ1n) is 4.72. The Morgan fingerprint density at radius 1 is 1.67 bits per heavy atom. The van der Waals surface area contributed by atoms with Crippen LogP contribution >= 0.6 is 0 Å². The average molecular weight is 169 g/mol. The van der Waals surface area contributed by atoms with Gasteiger partial charge in [0, 0.05) is 18.6 Å². The number of nitrogens with two attached hydrogens (primary N) is 1. The van der Waals surface area contributed by atoms with Crippen LogP contribution in [0, 0.1) is 5.92 Å². The summed E-state index contributed by atoms with van der Waals surface area (Å²) >= 11 is 0. The third-order valence-corrected chi connectivity index (χ3v) is 2.41. The minimum absolute atomic E-state index is 0.187. The zero-order valence-corrected chi connectivity index (χ0v) is 8.05. The number of ether oxygens (including phenoxy) is 1. The lowest BCUT2D eigenvalue weighted by molar-refractivity contribution is 0.0707. The molecule has 0 spiro atoms. The molecule has 2 atom stereocenters. The Bertz CT molecular complexity index is 157. The van der Waals surface area contributed by atoms with Crippen molar-refractivity contribution in [2.75, 3.05) is 13.2 Å². The molecule has 2 N–H and O–H groups in total. The molecule has 0 aromatic heterocycles. The van der Waals surface area contributed by atoms with Gasteiger partial charge in [-0.3, -0.25) is 0 Å². The van der Waals surface area contributed by atoms with Crippen molar-refractivity contribution in [3.05, 3.63) is 11.6 Å². The number of hydrogen-bond donors (Lipinski definition) is 1. The van der Waals surface area contributed by atoms with Crippen LogP contribution in [0.25, 0.3) is 0 Å². The van der Waals surface area contributed by atoms with Gasteiger partial charge >= 0.3 is 0 Å². The molecule has 1 fully saturated rings. The maximum atomic E-state index is 5.74. The molecule has 1 aliphatic heterocycles. The molecule has 0 bridgehead atoms. The molecule has 0 aromatic carbocycles. The Kier molecular flexibility index (Phi) is 3.76. The highest BCUT2D eigenvalue weighted by Crippen LogP contribution is 2.17. The molecule has 2 nitrogen and oxygen atoms in total. The summed E-state index contributed by atoms with van der Waals surface area (Å²) in [5.74, 6) is 0.602. The Morgan fingerprint density at radius 3 is 2.92 bits per heavy atom. The van der Waals surface area contributed by atoms with Gasteiger partial charge in [0.1, 0.15) is 0 Å². The van der Waals surface area contributed by atoms with Crippen LogP contribution in [0.2, 0.25) is 0 Å². The molecular weight excluding hydrogens is 150 g/mol. The first-order valence-corrected chi connectivity index (χ1v) is 4.72. The minimum atomic E-state index is 0.187. The van der Waals surface area contributed by atoms with Crippen molar-refractivity contribution in [1.29, 1.82) is 0 Å². The molecule has 1 aliphatic rings. The molecule has 2 unspecified atom stereocenters. The highest BCUT2D eigenvalue weighted by molar-refractivity contribution is 5.07. The molecule has 12 heavy (non-hydrogen) atoms. The van der Waals surface area contributed by atoms with Crippen molar-refractivity contribution in [3.8, 4) is 0 Å². The van der Waals surface area contributed by atoms with E-state index in [9.17, 15) is 0 Å². The predicted octanol–water partition coefficient (Wildman–Crippen LogP) is 1.71. The van der Waals surface area contributed by atoms with Crippen LogP contribution in [0.15, 0.2) is 11.6 Å². The van der Waals surface area contributed by atoms with E-state index in [4.69, 9.17) is 10.5 Å². The quantitative estimate of drug-likeness (QED) is 0.639. The van der Waals surface area contributed by atoms with Gasteiger partial charge in [-0.25, -0.2) is 0 Å². The Hall–Kier alpha value is -0.340. The van der Waals surface area contributed by atoms with Gasteiger partial charge in [-0.15, -0.1) is 0 Å². The molecule has 0 radical (unpaired) electrons. The summed E-state index contributed by atoms with van der Waals surface area (Å²) in [5, 5.41) is 0. The SMILES string of the molecule is CC(=CC1CCCOC1)C(C)N. The Labute approximate surface area is 74.8 Å². The normalized spacial score (nSPS) is 28.6. The molecule has 2 heteroatoms. The zero-order chi connectivity index (χ0) is 8.97. The molecule has 0 aromatic rings. The lowest BCUT2D eigenvalue weighted by atomic mass is 9.98. The van der Waals surface area contributed by atoms with Gasteiger partial charge in [0.05, 0.1) is 6.61 Å². The van der Waals surface area contributed by atoms with E-state index in [1.165, 1.54) is 18.4 Å². The summed E-state index contributed by atoms with van der Waals surface area (Å²) < 4.78 is 5.38. The summed E-state index contributed by atoms with van der Waals surface area (Å²) in [7, 11) is 0. The molecule has 0 amide bonds. The van der Waals surface area contributed by atoms with E-state index < -0.39 is 0 Å². The topological polar surface area (TPSA) is 35.2 Å². The molecule has 0 aliphatic carbocycles. The van der Waals surface area contributed by atoms with Gasteiger partial charge in [-0.05, 0) is 26.7 Å². The first kappa shape index (κ1) is 9.75. The van der Waals surface area contributed by atoms with Crippen molar-refractivity contribution in [2.45, 2.75) is 32.7 Å². The second-order valence-electron chi connectivity index (χ2n) is 3.68. The highest BCUT2D eigenvalue weighted by Gasteiger charge is 2.11. The van der Waals surface area contributed by atoms with E-state index in [0.717, 1.165) is 13.2 Å². The monoisotopic (exact) mass is 169 g/mol. The fraction of sp³-hybridized carbons (Fsp3) is 0.800. The summed E-state index contributed by atoms with van der Waals surface area (Å²) in [4.78, 5) is 0. The maximum Gasteiger partial charge on any atom is 0.0528 e. The van der Waals surface area contributed by atoms with Gasteiger partial charge in [0.25, 0.3) is 0 Å². The number of rotatable bonds is 2.